The predicted molar refractivity (Wildman–Crippen MR) is 48.3 cm³/mol. The second kappa shape index (κ2) is 2.94. The molecular weight excluding hydrogens is 184 g/mol. The zero-order chi connectivity index (χ0) is 10.3. The molecule has 74 valence electrons. The number of nitrogens with zero attached hydrogens (tertiary/aromatic N) is 1. The Morgan fingerprint density at radius 2 is 2.36 bits per heavy atom. The Morgan fingerprint density at radius 3 is 3.00 bits per heavy atom. The minimum atomic E-state index is -0.847. The van der Waals surface area contributed by atoms with E-state index in [1.54, 1.807) is 6.92 Å². The van der Waals surface area contributed by atoms with Gasteiger partial charge in [-0.25, -0.2) is 4.79 Å². The highest BCUT2D eigenvalue weighted by Crippen LogP contribution is 2.32. The highest BCUT2D eigenvalue weighted by Gasteiger charge is 2.31. The summed E-state index contributed by atoms with van der Waals surface area (Å²) in [5.41, 5.74) is 1.56. The first-order valence-electron chi connectivity index (χ1n) is 4.42. The summed E-state index contributed by atoms with van der Waals surface area (Å²) in [6, 6.07) is 0. The van der Waals surface area contributed by atoms with Gasteiger partial charge in [-0.2, -0.15) is 4.98 Å². The van der Waals surface area contributed by atoms with Gasteiger partial charge in [0.05, 0.1) is 11.6 Å². The predicted octanol–water partition coefficient (Wildman–Crippen LogP) is 0.193. The largest absolute Gasteiger partial charge is 0.481 e. The Bertz CT molecular complexity index is 450. The molecule has 0 fully saturated rings. The number of fused-ring (bicyclic) bond motifs is 1. The molecular formula is C9H10N2O3. The number of carbonyl (C=O) groups is 1. The van der Waals surface area contributed by atoms with Crippen LogP contribution >= 0.6 is 0 Å². The third kappa shape index (κ3) is 1.21. The second-order valence-corrected chi connectivity index (χ2v) is 3.46. The SMILES string of the molecule is Cc1[nH]c(=O)nc2c1C(C(=O)O)CC2. The van der Waals surface area contributed by atoms with Gasteiger partial charge in [-0.15, -0.1) is 0 Å². The molecule has 0 bridgehead atoms. The first-order chi connectivity index (χ1) is 6.59. The van der Waals surface area contributed by atoms with Crippen molar-refractivity contribution in [1.82, 2.24) is 9.97 Å². The molecule has 1 heterocycles. The number of rotatable bonds is 1. The topological polar surface area (TPSA) is 83.0 Å². The molecule has 1 aliphatic rings. The summed E-state index contributed by atoms with van der Waals surface area (Å²) in [4.78, 5) is 28.2. The van der Waals surface area contributed by atoms with Gasteiger partial charge in [-0.05, 0) is 19.8 Å². The van der Waals surface area contributed by atoms with Crippen LogP contribution < -0.4 is 5.69 Å². The molecule has 2 rings (SSSR count). The Balaban J connectivity index is 2.60. The fourth-order valence-electron chi connectivity index (χ4n) is 1.98. The molecule has 0 aromatic carbocycles. The fourth-order valence-corrected chi connectivity index (χ4v) is 1.98. The van der Waals surface area contributed by atoms with Crippen LogP contribution in [0.3, 0.4) is 0 Å². The molecule has 0 spiro atoms. The minimum Gasteiger partial charge on any atom is -0.481 e. The normalized spacial score (nSPS) is 19.4. The van der Waals surface area contributed by atoms with Gasteiger partial charge in [-0.3, -0.25) is 4.79 Å². The zero-order valence-corrected chi connectivity index (χ0v) is 7.70. The van der Waals surface area contributed by atoms with Crippen LogP contribution in [0.5, 0.6) is 0 Å². The number of H-pyrrole nitrogens is 1. The Labute approximate surface area is 79.8 Å². The molecule has 1 atom stereocenters. The number of hydrogen-bond acceptors (Lipinski definition) is 3. The summed E-state index contributed by atoms with van der Waals surface area (Å²) in [6.45, 7) is 1.71. The summed E-state index contributed by atoms with van der Waals surface area (Å²) in [7, 11) is 0. The molecule has 5 nitrogen and oxygen atoms in total. The standard InChI is InChI=1S/C9H10N2O3/c1-4-7-5(8(12)13)2-3-6(7)11-9(14)10-4/h5H,2-3H2,1H3,(H,12,13)(H,10,11,14). The van der Waals surface area contributed by atoms with E-state index in [1.165, 1.54) is 0 Å². The maximum absolute atomic E-state index is 11.0. The van der Waals surface area contributed by atoms with Crippen LogP contribution in [0.2, 0.25) is 0 Å². The maximum Gasteiger partial charge on any atom is 0.345 e. The minimum absolute atomic E-state index is 0.396. The van der Waals surface area contributed by atoms with Gasteiger partial charge in [-0.1, -0.05) is 0 Å². The molecule has 0 aliphatic heterocycles. The fraction of sp³-hybridized carbons (Fsp3) is 0.444. The molecule has 5 heteroatoms. The molecule has 0 saturated carbocycles. The van der Waals surface area contributed by atoms with Crippen molar-refractivity contribution >= 4 is 5.97 Å². The van der Waals surface area contributed by atoms with E-state index in [9.17, 15) is 9.59 Å². The van der Waals surface area contributed by atoms with Crippen molar-refractivity contribution in [3.8, 4) is 0 Å². The smallest absolute Gasteiger partial charge is 0.345 e. The van der Waals surface area contributed by atoms with Gasteiger partial charge in [0.1, 0.15) is 0 Å². The quantitative estimate of drug-likeness (QED) is 0.668. The molecule has 1 unspecified atom stereocenters. The van der Waals surface area contributed by atoms with E-state index in [4.69, 9.17) is 5.11 Å². The highest BCUT2D eigenvalue weighted by atomic mass is 16.4. The monoisotopic (exact) mass is 194 g/mol. The average molecular weight is 194 g/mol. The van der Waals surface area contributed by atoms with Gasteiger partial charge in [0.25, 0.3) is 0 Å². The number of aliphatic carboxylic acids is 1. The summed E-state index contributed by atoms with van der Waals surface area (Å²) < 4.78 is 0. The van der Waals surface area contributed by atoms with Crippen LogP contribution in [0.15, 0.2) is 4.79 Å². The lowest BCUT2D eigenvalue weighted by molar-refractivity contribution is -0.138. The van der Waals surface area contributed by atoms with Gasteiger partial charge in [0, 0.05) is 11.3 Å². The van der Waals surface area contributed by atoms with Crippen molar-refractivity contribution in [1.29, 1.82) is 0 Å². The maximum atomic E-state index is 11.0. The first kappa shape index (κ1) is 8.93. The third-order valence-corrected chi connectivity index (χ3v) is 2.56. The van der Waals surface area contributed by atoms with Crippen LogP contribution in [-0.2, 0) is 11.2 Å². The summed E-state index contributed by atoms with van der Waals surface area (Å²) in [5, 5.41) is 8.93. The molecule has 0 saturated heterocycles. The average Bonchev–Trinajstić information content (AvgIpc) is 2.47. The Kier molecular flexibility index (Phi) is 1.87. The van der Waals surface area contributed by atoms with E-state index in [0.29, 0.717) is 29.8 Å². The van der Waals surface area contributed by atoms with Crippen molar-refractivity contribution in [2.45, 2.75) is 25.7 Å². The lowest BCUT2D eigenvalue weighted by Crippen LogP contribution is -2.17. The molecule has 14 heavy (non-hydrogen) atoms. The van der Waals surface area contributed by atoms with Crippen molar-refractivity contribution in [3.63, 3.8) is 0 Å². The lowest BCUT2D eigenvalue weighted by Gasteiger charge is -2.07. The van der Waals surface area contributed by atoms with Gasteiger partial charge >= 0.3 is 11.7 Å². The van der Waals surface area contributed by atoms with Crippen molar-refractivity contribution < 1.29 is 9.90 Å². The molecule has 0 radical (unpaired) electrons. The van der Waals surface area contributed by atoms with E-state index in [0.717, 1.165) is 0 Å². The number of aromatic amines is 1. The molecule has 2 N–H and O–H groups in total. The van der Waals surface area contributed by atoms with E-state index in [1.807, 2.05) is 0 Å². The highest BCUT2D eigenvalue weighted by molar-refractivity contribution is 5.77. The van der Waals surface area contributed by atoms with Gasteiger partial charge < -0.3 is 10.1 Å². The summed E-state index contributed by atoms with van der Waals surface area (Å²) >= 11 is 0. The van der Waals surface area contributed by atoms with Crippen LogP contribution in [0.25, 0.3) is 0 Å². The third-order valence-electron chi connectivity index (χ3n) is 2.56. The first-order valence-corrected chi connectivity index (χ1v) is 4.42. The Morgan fingerprint density at radius 1 is 1.64 bits per heavy atom. The van der Waals surface area contributed by atoms with Crippen LogP contribution in [-0.4, -0.2) is 21.0 Å². The number of carboxylic acid groups (broad SMARTS) is 1. The van der Waals surface area contributed by atoms with E-state index in [-0.39, 0.29) is 0 Å². The molecule has 1 aromatic rings. The van der Waals surface area contributed by atoms with Gasteiger partial charge in [0.2, 0.25) is 0 Å². The summed E-state index contributed by atoms with van der Waals surface area (Å²) in [5.74, 6) is -1.35. The summed E-state index contributed by atoms with van der Waals surface area (Å²) in [6.07, 6.45) is 1.12. The molecule has 1 aliphatic carbocycles. The number of aryl methyl sites for hydroxylation is 2. The second-order valence-electron chi connectivity index (χ2n) is 3.46. The number of aromatic nitrogens is 2. The van der Waals surface area contributed by atoms with Crippen molar-refractivity contribution in [2.24, 2.45) is 0 Å². The zero-order valence-electron chi connectivity index (χ0n) is 7.70. The van der Waals surface area contributed by atoms with Crippen molar-refractivity contribution in [2.75, 3.05) is 0 Å². The number of hydrogen-bond donors (Lipinski definition) is 2. The van der Waals surface area contributed by atoms with Gasteiger partial charge in [0.15, 0.2) is 0 Å². The van der Waals surface area contributed by atoms with E-state index < -0.39 is 17.6 Å². The van der Waals surface area contributed by atoms with Crippen LogP contribution in [0.4, 0.5) is 0 Å². The lowest BCUT2D eigenvalue weighted by atomic mass is 10.0. The molecule has 0 amide bonds. The van der Waals surface area contributed by atoms with E-state index >= 15 is 0 Å². The Hall–Kier alpha value is -1.65. The van der Waals surface area contributed by atoms with Crippen LogP contribution in [0, 0.1) is 6.92 Å². The van der Waals surface area contributed by atoms with Crippen LogP contribution in [0.1, 0.15) is 29.3 Å². The number of carboxylic acids is 1. The van der Waals surface area contributed by atoms with E-state index in [2.05, 4.69) is 9.97 Å². The molecule has 1 aromatic heterocycles. The van der Waals surface area contributed by atoms with Crippen molar-refractivity contribution in [3.05, 3.63) is 27.4 Å². The number of nitrogens with one attached hydrogen (secondary N) is 1.